The van der Waals surface area contributed by atoms with E-state index in [9.17, 15) is 14.4 Å². The first-order valence-corrected chi connectivity index (χ1v) is 6.28. The Hall–Kier alpha value is -2.31. The second kappa shape index (κ2) is 4.61. The Kier molecular flexibility index (Phi) is 3.31. The molecule has 7 heteroatoms. The highest BCUT2D eigenvalue weighted by Gasteiger charge is 2.64. The summed E-state index contributed by atoms with van der Waals surface area (Å²) in [5, 5.41) is 0. The van der Waals surface area contributed by atoms with Gasteiger partial charge in [-0.1, -0.05) is 12.2 Å². The molecule has 7 nitrogen and oxygen atoms in total. The maximum Gasteiger partial charge on any atom is 0.411 e. The zero-order valence-corrected chi connectivity index (χ0v) is 12.6. The third-order valence-corrected chi connectivity index (χ3v) is 4.06. The highest BCUT2D eigenvalue weighted by Crippen LogP contribution is 2.52. The lowest BCUT2D eigenvalue weighted by Gasteiger charge is -2.35. The number of methoxy groups -OCH3 is 3. The molecule has 2 unspecified atom stereocenters. The number of esters is 2. The molecule has 2 aliphatic heterocycles. The van der Waals surface area contributed by atoms with Crippen LogP contribution in [-0.2, 0) is 23.8 Å². The Morgan fingerprint density at radius 3 is 1.52 bits per heavy atom. The molecule has 0 aromatic heterocycles. The number of fused-ring (bicyclic) bond motifs is 2. The average molecular weight is 295 g/mol. The van der Waals surface area contributed by atoms with Crippen LogP contribution in [0.5, 0.6) is 0 Å². The summed E-state index contributed by atoms with van der Waals surface area (Å²) in [5.41, 5.74) is -2.05. The normalized spacial score (nSPS) is 29.7. The lowest BCUT2D eigenvalue weighted by molar-refractivity contribution is -0.139. The fourth-order valence-corrected chi connectivity index (χ4v) is 3.14. The quantitative estimate of drug-likeness (QED) is 0.426. The van der Waals surface area contributed by atoms with Gasteiger partial charge in [0.15, 0.2) is 0 Å². The minimum Gasteiger partial charge on any atom is -0.466 e. The van der Waals surface area contributed by atoms with Gasteiger partial charge in [-0.15, -0.1) is 0 Å². The van der Waals surface area contributed by atoms with E-state index in [1.807, 2.05) is 0 Å². The van der Waals surface area contributed by atoms with E-state index in [1.54, 1.807) is 26.0 Å². The summed E-state index contributed by atoms with van der Waals surface area (Å²) in [6.07, 6.45) is 2.72. The van der Waals surface area contributed by atoms with Crippen molar-refractivity contribution in [3.63, 3.8) is 0 Å². The van der Waals surface area contributed by atoms with Crippen molar-refractivity contribution < 1.29 is 28.6 Å². The molecule has 0 spiro atoms. The first-order valence-electron chi connectivity index (χ1n) is 6.28. The monoisotopic (exact) mass is 295 g/mol. The molecule has 2 aliphatic rings. The number of amides is 1. The Labute approximate surface area is 122 Å². The van der Waals surface area contributed by atoms with Crippen LogP contribution in [0.2, 0.25) is 0 Å². The number of carbonyl (C=O) groups is 3. The van der Waals surface area contributed by atoms with Crippen molar-refractivity contribution in [1.82, 2.24) is 4.90 Å². The van der Waals surface area contributed by atoms with Crippen molar-refractivity contribution in [3.8, 4) is 0 Å². The van der Waals surface area contributed by atoms with Gasteiger partial charge in [0.2, 0.25) is 0 Å². The minimum atomic E-state index is -1.11. The molecule has 114 valence electrons. The summed E-state index contributed by atoms with van der Waals surface area (Å²) in [4.78, 5) is 37.7. The third-order valence-electron chi connectivity index (χ3n) is 4.06. The van der Waals surface area contributed by atoms with Gasteiger partial charge in [0.25, 0.3) is 0 Å². The molecule has 0 aliphatic carbocycles. The van der Waals surface area contributed by atoms with Gasteiger partial charge < -0.3 is 14.2 Å². The fraction of sp³-hybridized carbons (Fsp3) is 0.500. The molecular formula is C14H17NO6. The van der Waals surface area contributed by atoms with Gasteiger partial charge in [-0.25, -0.2) is 14.4 Å². The molecule has 0 saturated carbocycles. The van der Waals surface area contributed by atoms with E-state index >= 15 is 0 Å². The van der Waals surface area contributed by atoms with Gasteiger partial charge in [-0.3, -0.25) is 4.90 Å². The molecule has 0 saturated heterocycles. The van der Waals surface area contributed by atoms with E-state index in [0.29, 0.717) is 0 Å². The molecule has 2 bridgehead atoms. The van der Waals surface area contributed by atoms with Crippen molar-refractivity contribution in [3.05, 3.63) is 23.3 Å². The van der Waals surface area contributed by atoms with Gasteiger partial charge in [0.05, 0.1) is 43.6 Å². The predicted molar refractivity (Wildman–Crippen MR) is 71.3 cm³/mol. The SMILES string of the molecule is COC(=O)C1=C(C(=O)OC)C2(C)C=CC1(C)N2C(=O)OC. The van der Waals surface area contributed by atoms with Crippen LogP contribution in [0.15, 0.2) is 23.3 Å². The van der Waals surface area contributed by atoms with Gasteiger partial charge in [0, 0.05) is 0 Å². The van der Waals surface area contributed by atoms with Gasteiger partial charge in [-0.2, -0.15) is 0 Å². The molecule has 1 amide bonds. The van der Waals surface area contributed by atoms with Crippen LogP contribution in [0, 0.1) is 0 Å². The molecule has 0 aromatic rings. The number of carbonyl (C=O) groups excluding carboxylic acids is 3. The first kappa shape index (κ1) is 15.1. The largest absolute Gasteiger partial charge is 0.466 e. The summed E-state index contributed by atoms with van der Waals surface area (Å²) in [6, 6.07) is 0. The van der Waals surface area contributed by atoms with Gasteiger partial charge in [-0.05, 0) is 13.8 Å². The van der Waals surface area contributed by atoms with Crippen LogP contribution >= 0.6 is 0 Å². The van der Waals surface area contributed by atoms with Crippen LogP contribution in [0.1, 0.15) is 13.8 Å². The molecule has 0 fully saturated rings. The van der Waals surface area contributed by atoms with Gasteiger partial charge >= 0.3 is 18.0 Å². The third kappa shape index (κ3) is 1.69. The number of rotatable bonds is 2. The topological polar surface area (TPSA) is 82.1 Å². The van der Waals surface area contributed by atoms with Crippen molar-refractivity contribution in [2.45, 2.75) is 24.9 Å². The maximum absolute atomic E-state index is 12.1. The molecule has 0 N–H and O–H groups in total. The lowest BCUT2D eigenvalue weighted by atomic mass is 9.83. The van der Waals surface area contributed by atoms with E-state index in [2.05, 4.69) is 0 Å². The maximum atomic E-state index is 12.1. The molecule has 0 radical (unpaired) electrons. The summed E-state index contributed by atoms with van der Waals surface area (Å²) in [5.74, 6) is -1.36. The van der Waals surface area contributed by atoms with Crippen LogP contribution < -0.4 is 0 Å². The highest BCUT2D eigenvalue weighted by atomic mass is 16.5. The Morgan fingerprint density at radius 1 is 0.857 bits per heavy atom. The Balaban J connectivity index is 2.70. The first-order chi connectivity index (χ1) is 9.77. The summed E-state index contributed by atoms with van der Waals surface area (Å²) >= 11 is 0. The van der Waals surface area contributed by atoms with Crippen molar-refractivity contribution in [2.24, 2.45) is 0 Å². The molecule has 2 heterocycles. The fourth-order valence-electron chi connectivity index (χ4n) is 3.14. The van der Waals surface area contributed by atoms with E-state index < -0.39 is 29.1 Å². The average Bonchev–Trinajstić information content (AvgIpc) is 2.85. The number of hydrogen-bond acceptors (Lipinski definition) is 6. The van der Waals surface area contributed by atoms with E-state index in [1.165, 1.54) is 26.2 Å². The summed E-state index contributed by atoms with van der Waals surface area (Å²) in [7, 11) is 3.67. The molecule has 0 aromatic carbocycles. The van der Waals surface area contributed by atoms with E-state index in [0.717, 1.165) is 0 Å². The Morgan fingerprint density at radius 2 is 1.24 bits per heavy atom. The van der Waals surface area contributed by atoms with Crippen molar-refractivity contribution in [1.29, 1.82) is 0 Å². The lowest BCUT2D eigenvalue weighted by Crippen LogP contribution is -2.52. The zero-order valence-electron chi connectivity index (χ0n) is 12.6. The van der Waals surface area contributed by atoms with Crippen molar-refractivity contribution in [2.75, 3.05) is 21.3 Å². The number of ether oxygens (including phenoxy) is 3. The van der Waals surface area contributed by atoms with Crippen LogP contribution in [0.3, 0.4) is 0 Å². The standard InChI is InChI=1S/C14H17NO6/c1-13-6-7-14(2,15(13)12(18)21-5)9(11(17)20-4)8(13)10(16)19-3/h6-7H,1-5H3. The Bertz CT molecular complexity index is 550. The minimum absolute atomic E-state index is 0.0900. The van der Waals surface area contributed by atoms with Crippen LogP contribution in [-0.4, -0.2) is 55.3 Å². The van der Waals surface area contributed by atoms with Crippen molar-refractivity contribution >= 4 is 18.0 Å². The second-order valence-electron chi connectivity index (χ2n) is 5.17. The summed E-state index contributed by atoms with van der Waals surface area (Å²) < 4.78 is 14.3. The second-order valence-corrected chi connectivity index (χ2v) is 5.17. The molecular weight excluding hydrogens is 278 g/mol. The zero-order chi connectivity index (χ0) is 16.0. The number of nitrogens with zero attached hydrogens (tertiary/aromatic N) is 1. The highest BCUT2D eigenvalue weighted by molar-refractivity contribution is 6.08. The van der Waals surface area contributed by atoms with Gasteiger partial charge in [0.1, 0.15) is 0 Å². The van der Waals surface area contributed by atoms with Crippen LogP contribution in [0.25, 0.3) is 0 Å². The number of hydrogen-bond donors (Lipinski definition) is 0. The smallest absolute Gasteiger partial charge is 0.411 e. The molecule has 2 rings (SSSR count). The predicted octanol–water partition coefficient (Wildman–Crippen LogP) is 0.798. The summed E-state index contributed by atoms with van der Waals surface area (Å²) in [6.45, 7) is 3.29. The van der Waals surface area contributed by atoms with Crippen LogP contribution in [0.4, 0.5) is 4.79 Å². The van der Waals surface area contributed by atoms with E-state index in [4.69, 9.17) is 14.2 Å². The molecule has 2 atom stereocenters. The molecule has 21 heavy (non-hydrogen) atoms. The van der Waals surface area contributed by atoms with E-state index in [-0.39, 0.29) is 11.1 Å².